The quantitative estimate of drug-likeness (QED) is 0.427. The molecule has 4 heterocycles. The first kappa shape index (κ1) is 20.2. The lowest BCUT2D eigenvalue weighted by Crippen LogP contribution is -2.54. The second-order valence-electron chi connectivity index (χ2n) is 7.59. The van der Waals surface area contributed by atoms with E-state index in [2.05, 4.69) is 25.6 Å². The number of fused-ring (bicyclic) bond motifs is 2. The SMILES string of the molecule is O=C1CCC(N2C(=O)c3ccc(CCCNc4ncnc5scnc45)cc3C2=O)C(=O)N1. The molecule has 1 atom stereocenters. The smallest absolute Gasteiger partial charge is 0.262 e. The van der Waals surface area contributed by atoms with Gasteiger partial charge in [0.1, 0.15) is 22.7 Å². The van der Waals surface area contributed by atoms with Gasteiger partial charge in [0.15, 0.2) is 5.82 Å². The summed E-state index contributed by atoms with van der Waals surface area (Å²) in [5.74, 6) is -1.31. The highest BCUT2D eigenvalue weighted by Crippen LogP contribution is 2.28. The average molecular weight is 450 g/mol. The summed E-state index contributed by atoms with van der Waals surface area (Å²) in [7, 11) is 0. The molecule has 162 valence electrons. The summed E-state index contributed by atoms with van der Waals surface area (Å²) in [5, 5.41) is 5.46. The predicted molar refractivity (Wildman–Crippen MR) is 115 cm³/mol. The first-order valence-corrected chi connectivity index (χ1v) is 11.0. The van der Waals surface area contributed by atoms with Crippen LogP contribution in [0.1, 0.15) is 45.5 Å². The maximum Gasteiger partial charge on any atom is 0.262 e. The zero-order chi connectivity index (χ0) is 22.2. The van der Waals surface area contributed by atoms with Crippen LogP contribution in [0.2, 0.25) is 0 Å². The molecule has 0 aliphatic carbocycles. The largest absolute Gasteiger partial charge is 0.368 e. The molecule has 0 saturated carbocycles. The molecule has 4 amide bonds. The number of hydrogen-bond donors (Lipinski definition) is 2. The van der Waals surface area contributed by atoms with Crippen LogP contribution in [0.5, 0.6) is 0 Å². The summed E-state index contributed by atoms with van der Waals surface area (Å²) in [6.07, 6.45) is 3.20. The van der Waals surface area contributed by atoms with Crippen molar-refractivity contribution in [3.05, 3.63) is 46.7 Å². The van der Waals surface area contributed by atoms with Gasteiger partial charge in [-0.25, -0.2) is 15.0 Å². The highest BCUT2D eigenvalue weighted by molar-refractivity contribution is 7.16. The standard InChI is InChI=1S/C21H18N6O4S/c28-15-6-5-14(18(29)26-15)27-20(30)12-4-3-11(8-13(12)21(27)31)2-1-7-22-17-16-19(24-9-23-17)32-10-25-16/h3-4,8-10,14H,1-2,5-7H2,(H,22,23,24)(H,26,28,29). The first-order valence-electron chi connectivity index (χ1n) is 10.2. The molecular weight excluding hydrogens is 432 g/mol. The van der Waals surface area contributed by atoms with Crippen molar-refractivity contribution in [2.45, 2.75) is 31.7 Å². The van der Waals surface area contributed by atoms with Gasteiger partial charge in [0.05, 0.1) is 16.6 Å². The van der Waals surface area contributed by atoms with Crippen LogP contribution >= 0.6 is 11.3 Å². The molecule has 5 rings (SSSR count). The molecule has 2 N–H and O–H groups in total. The number of carbonyl (C=O) groups is 4. The number of imide groups is 2. The summed E-state index contributed by atoms with van der Waals surface area (Å²) in [4.78, 5) is 63.7. The summed E-state index contributed by atoms with van der Waals surface area (Å²) >= 11 is 1.45. The topological polar surface area (TPSA) is 134 Å². The van der Waals surface area contributed by atoms with Gasteiger partial charge in [0, 0.05) is 13.0 Å². The van der Waals surface area contributed by atoms with Crippen molar-refractivity contribution in [3.63, 3.8) is 0 Å². The molecule has 2 aliphatic rings. The van der Waals surface area contributed by atoms with E-state index in [1.807, 2.05) is 6.07 Å². The Morgan fingerprint density at radius 2 is 1.94 bits per heavy atom. The van der Waals surface area contributed by atoms with Crippen LogP contribution in [0.4, 0.5) is 5.82 Å². The van der Waals surface area contributed by atoms with Gasteiger partial charge < -0.3 is 5.32 Å². The fraction of sp³-hybridized carbons (Fsp3) is 0.286. The normalized spacial score (nSPS) is 18.2. The molecule has 10 nitrogen and oxygen atoms in total. The minimum absolute atomic E-state index is 0.0988. The summed E-state index contributed by atoms with van der Waals surface area (Å²) in [5.41, 5.74) is 3.97. The number of nitrogens with zero attached hydrogens (tertiary/aromatic N) is 4. The molecule has 1 unspecified atom stereocenters. The lowest BCUT2D eigenvalue weighted by Gasteiger charge is -2.27. The average Bonchev–Trinajstić information content (AvgIpc) is 3.36. The van der Waals surface area contributed by atoms with Crippen molar-refractivity contribution in [2.75, 3.05) is 11.9 Å². The zero-order valence-corrected chi connectivity index (χ0v) is 17.6. The van der Waals surface area contributed by atoms with Gasteiger partial charge in [-0.15, -0.1) is 11.3 Å². The van der Waals surface area contributed by atoms with E-state index >= 15 is 0 Å². The van der Waals surface area contributed by atoms with Gasteiger partial charge in [-0.1, -0.05) is 6.07 Å². The van der Waals surface area contributed by atoms with Gasteiger partial charge >= 0.3 is 0 Å². The van der Waals surface area contributed by atoms with Crippen molar-refractivity contribution in [3.8, 4) is 0 Å². The van der Waals surface area contributed by atoms with E-state index in [9.17, 15) is 19.2 Å². The zero-order valence-electron chi connectivity index (χ0n) is 16.8. The van der Waals surface area contributed by atoms with Gasteiger partial charge in [-0.2, -0.15) is 0 Å². The molecule has 11 heteroatoms. The highest BCUT2D eigenvalue weighted by atomic mass is 32.1. The van der Waals surface area contributed by atoms with E-state index in [1.165, 1.54) is 17.7 Å². The number of carbonyl (C=O) groups excluding carboxylic acids is 4. The van der Waals surface area contributed by atoms with Crippen LogP contribution in [0.15, 0.2) is 30.0 Å². The Hall–Kier alpha value is -3.73. The summed E-state index contributed by atoms with van der Waals surface area (Å²) < 4.78 is 0. The van der Waals surface area contributed by atoms with Gasteiger partial charge in [0.2, 0.25) is 11.8 Å². The number of aryl methyl sites for hydroxylation is 1. The Morgan fingerprint density at radius 1 is 1.09 bits per heavy atom. The lowest BCUT2D eigenvalue weighted by atomic mass is 10.0. The van der Waals surface area contributed by atoms with Gasteiger partial charge in [-0.3, -0.25) is 29.4 Å². The molecule has 1 saturated heterocycles. The Kier molecular flexibility index (Phi) is 5.10. The van der Waals surface area contributed by atoms with Crippen LogP contribution in [0.25, 0.3) is 10.3 Å². The molecular formula is C21H18N6O4S. The third-order valence-electron chi connectivity index (χ3n) is 5.57. The predicted octanol–water partition coefficient (Wildman–Crippen LogP) is 1.53. The van der Waals surface area contributed by atoms with E-state index in [0.29, 0.717) is 24.3 Å². The molecule has 1 aromatic carbocycles. The number of nitrogens with one attached hydrogen (secondary N) is 2. The van der Waals surface area contributed by atoms with E-state index in [4.69, 9.17) is 0 Å². The summed E-state index contributed by atoms with van der Waals surface area (Å²) in [6.45, 7) is 0.649. The van der Waals surface area contributed by atoms with Crippen molar-refractivity contribution in [2.24, 2.45) is 0 Å². The van der Waals surface area contributed by atoms with E-state index in [0.717, 1.165) is 27.2 Å². The van der Waals surface area contributed by atoms with Crippen molar-refractivity contribution in [1.82, 2.24) is 25.2 Å². The fourth-order valence-electron chi connectivity index (χ4n) is 4.00. The second-order valence-corrected chi connectivity index (χ2v) is 8.42. The molecule has 0 bridgehead atoms. The number of amides is 4. The fourth-order valence-corrected chi connectivity index (χ4v) is 4.62. The molecule has 1 fully saturated rings. The first-order chi connectivity index (χ1) is 15.5. The third-order valence-corrected chi connectivity index (χ3v) is 6.31. The Morgan fingerprint density at radius 3 is 2.78 bits per heavy atom. The number of anilines is 1. The molecule has 32 heavy (non-hydrogen) atoms. The Balaban J connectivity index is 1.24. The van der Waals surface area contributed by atoms with Crippen LogP contribution in [-0.4, -0.2) is 56.1 Å². The van der Waals surface area contributed by atoms with E-state index in [1.54, 1.807) is 17.6 Å². The number of thiazole rings is 1. The minimum atomic E-state index is -0.955. The number of piperidine rings is 1. The molecule has 2 aromatic heterocycles. The van der Waals surface area contributed by atoms with Crippen LogP contribution in [0, 0.1) is 0 Å². The van der Waals surface area contributed by atoms with Crippen molar-refractivity contribution < 1.29 is 19.2 Å². The Labute approximate surface area is 186 Å². The molecule has 3 aromatic rings. The molecule has 0 radical (unpaired) electrons. The number of benzene rings is 1. The van der Waals surface area contributed by atoms with Crippen molar-refractivity contribution in [1.29, 1.82) is 0 Å². The summed E-state index contributed by atoms with van der Waals surface area (Å²) in [6, 6.07) is 4.21. The Bertz CT molecular complexity index is 1270. The second kappa shape index (κ2) is 8.08. The molecule has 2 aliphatic heterocycles. The van der Waals surface area contributed by atoms with Crippen molar-refractivity contribution >= 4 is 51.1 Å². The van der Waals surface area contributed by atoms with E-state index in [-0.39, 0.29) is 18.4 Å². The highest BCUT2D eigenvalue weighted by Gasteiger charge is 2.44. The van der Waals surface area contributed by atoms with Crippen LogP contribution < -0.4 is 10.6 Å². The maximum atomic E-state index is 12.9. The van der Waals surface area contributed by atoms with Gasteiger partial charge in [0.25, 0.3) is 11.8 Å². The number of rotatable bonds is 6. The van der Waals surface area contributed by atoms with Crippen LogP contribution in [0.3, 0.4) is 0 Å². The minimum Gasteiger partial charge on any atom is -0.368 e. The van der Waals surface area contributed by atoms with Gasteiger partial charge in [-0.05, 0) is 37.0 Å². The molecule has 0 spiro atoms. The number of aromatic nitrogens is 3. The maximum absolute atomic E-state index is 12.9. The number of hydrogen-bond acceptors (Lipinski definition) is 9. The third kappa shape index (κ3) is 3.50. The monoisotopic (exact) mass is 450 g/mol. The van der Waals surface area contributed by atoms with E-state index < -0.39 is 29.7 Å². The van der Waals surface area contributed by atoms with Crippen LogP contribution in [-0.2, 0) is 16.0 Å². The lowest BCUT2D eigenvalue weighted by molar-refractivity contribution is -0.136.